The van der Waals surface area contributed by atoms with Crippen molar-refractivity contribution in [2.24, 2.45) is 0 Å². The van der Waals surface area contributed by atoms with Crippen molar-refractivity contribution in [3.63, 3.8) is 0 Å². The number of aromatic nitrogens is 4. The second kappa shape index (κ2) is 32.7. The summed E-state index contributed by atoms with van der Waals surface area (Å²) in [6.45, 7) is 0. The summed E-state index contributed by atoms with van der Waals surface area (Å²) in [5, 5.41) is 9.89. The minimum Gasteiger partial charge on any atom is -0.309 e. The van der Waals surface area contributed by atoms with E-state index in [1.54, 1.807) is 0 Å². The van der Waals surface area contributed by atoms with Crippen molar-refractivity contribution in [1.82, 2.24) is 18.3 Å². The summed E-state index contributed by atoms with van der Waals surface area (Å²) in [6, 6.07) is 186. The topological polar surface area (TPSA) is 19.7 Å². The molecule has 4 heterocycles. The Kier molecular flexibility index (Phi) is 19.3. The van der Waals surface area contributed by atoms with Crippen LogP contribution < -0.4 is 0 Å². The van der Waals surface area contributed by atoms with Crippen LogP contribution in [0.15, 0.2) is 510 Å². The average Bonchev–Trinajstić information content (AvgIpc) is 1.60. The Morgan fingerprint density at radius 2 is 0.254 bits per heavy atom. The summed E-state index contributed by atoms with van der Waals surface area (Å²) >= 11 is 0. The van der Waals surface area contributed by atoms with Crippen LogP contribution in [0.1, 0.15) is 0 Å². The number of fused-ring (bicyclic) bond motifs is 12. The van der Waals surface area contributed by atoms with Gasteiger partial charge in [-0.2, -0.15) is 0 Å². The van der Waals surface area contributed by atoms with Gasteiger partial charge in [-0.25, -0.2) is 0 Å². The largest absolute Gasteiger partial charge is 0.309 e. The second-order valence-electron chi connectivity index (χ2n) is 33.9. The van der Waals surface area contributed by atoms with Crippen molar-refractivity contribution >= 4 is 87.2 Å². The molecule has 0 aliphatic rings. The first-order valence-corrected chi connectivity index (χ1v) is 44.7. The molecule has 0 fully saturated rings. The Morgan fingerprint density at radius 3 is 0.546 bits per heavy atom. The molecule has 4 heteroatoms. The molecule has 4 nitrogen and oxygen atoms in total. The van der Waals surface area contributed by atoms with E-state index in [1.165, 1.54) is 210 Å². The van der Waals surface area contributed by atoms with Crippen LogP contribution in [0.3, 0.4) is 0 Å². The molecular formula is C126H84N4. The zero-order valence-corrected chi connectivity index (χ0v) is 71.3. The lowest BCUT2D eigenvalue weighted by atomic mass is 9.91. The summed E-state index contributed by atoms with van der Waals surface area (Å²) in [5.41, 5.74) is 40.4. The molecule has 0 N–H and O–H groups in total. The van der Waals surface area contributed by atoms with E-state index >= 15 is 0 Å². The molecule has 25 rings (SSSR count). The van der Waals surface area contributed by atoms with Crippen molar-refractivity contribution < 1.29 is 0 Å². The molecule has 608 valence electrons. The highest BCUT2D eigenvalue weighted by molar-refractivity contribution is 6.15. The summed E-state index contributed by atoms with van der Waals surface area (Å²) in [7, 11) is 0. The van der Waals surface area contributed by atoms with Gasteiger partial charge in [0.15, 0.2) is 0 Å². The van der Waals surface area contributed by atoms with E-state index in [2.05, 4.69) is 528 Å². The zero-order chi connectivity index (χ0) is 86.0. The third-order valence-electron chi connectivity index (χ3n) is 26.2. The number of benzene rings is 21. The van der Waals surface area contributed by atoms with E-state index in [9.17, 15) is 0 Å². The van der Waals surface area contributed by atoms with E-state index < -0.39 is 0 Å². The Labute approximate surface area is 754 Å². The molecule has 21 aromatic carbocycles. The lowest BCUT2D eigenvalue weighted by Gasteiger charge is -2.14. The minimum atomic E-state index is 1.15. The molecule has 4 aromatic heterocycles. The number of nitrogens with zero attached hydrogens (tertiary/aromatic N) is 4. The van der Waals surface area contributed by atoms with Gasteiger partial charge in [0.2, 0.25) is 0 Å². The van der Waals surface area contributed by atoms with Gasteiger partial charge in [-0.1, -0.05) is 340 Å². The van der Waals surface area contributed by atoms with Gasteiger partial charge >= 0.3 is 0 Å². The molecule has 0 amide bonds. The Balaban J connectivity index is 0.000000145. The van der Waals surface area contributed by atoms with E-state index in [4.69, 9.17) is 0 Å². The summed E-state index contributed by atoms with van der Waals surface area (Å²) in [4.78, 5) is 0. The lowest BCUT2D eigenvalue weighted by molar-refractivity contribution is 1.18. The SMILES string of the molecule is c1ccc(-c2ccc(-n3c4ccccc4c4cc(-c5cc(-c6cccc(-c7ccccc7)c6)cc(-c6ccc7c(c6)c6ccccc6n7-c6ccccc6)c5)ccc43)cc2)cc1.c1ccc(-c2cccc(-c3cc(-c4ccc5c(c4)c4ccccc4n5-c4cccc(-c5ccccc5)c4)cc(-c4ccc5c(c4)c4ccccc4n5-c4cccc(-c5ccccc5)c4)c3)c2)cc1. The highest BCUT2D eigenvalue weighted by Crippen LogP contribution is 2.46. The molecular weight excluding hydrogens is 1570 g/mol. The molecule has 0 saturated heterocycles. The maximum atomic E-state index is 2.42. The van der Waals surface area contributed by atoms with Gasteiger partial charge < -0.3 is 18.3 Å². The number of hydrogen-bond donors (Lipinski definition) is 0. The first-order valence-electron chi connectivity index (χ1n) is 44.7. The van der Waals surface area contributed by atoms with Gasteiger partial charge in [0.05, 0.1) is 44.1 Å². The molecule has 0 radical (unpaired) electrons. The van der Waals surface area contributed by atoms with Crippen LogP contribution in [0, 0.1) is 0 Å². The van der Waals surface area contributed by atoms with Crippen LogP contribution in [0.25, 0.3) is 232 Å². The third kappa shape index (κ3) is 14.0. The molecule has 25 aromatic rings. The second-order valence-corrected chi connectivity index (χ2v) is 33.9. The first kappa shape index (κ1) is 76.5. The average molecular weight is 1650 g/mol. The van der Waals surface area contributed by atoms with E-state index in [1.807, 2.05) is 0 Å². The van der Waals surface area contributed by atoms with Crippen LogP contribution in [-0.2, 0) is 0 Å². The molecule has 0 unspecified atom stereocenters. The number of rotatable bonds is 15. The van der Waals surface area contributed by atoms with E-state index in [0.29, 0.717) is 0 Å². The Morgan fingerprint density at radius 1 is 0.0846 bits per heavy atom. The quantitative estimate of drug-likeness (QED) is 0.0975. The zero-order valence-electron chi connectivity index (χ0n) is 71.3. The van der Waals surface area contributed by atoms with E-state index in [-0.39, 0.29) is 0 Å². The Bertz CT molecular complexity index is 8390. The maximum absolute atomic E-state index is 2.42. The molecule has 0 bridgehead atoms. The van der Waals surface area contributed by atoms with Gasteiger partial charge in [0.1, 0.15) is 0 Å². The number of para-hydroxylation sites is 5. The van der Waals surface area contributed by atoms with Crippen molar-refractivity contribution in [3.8, 4) is 145 Å². The molecule has 0 saturated carbocycles. The van der Waals surface area contributed by atoms with Crippen LogP contribution in [0.2, 0.25) is 0 Å². The van der Waals surface area contributed by atoms with E-state index in [0.717, 1.165) is 22.7 Å². The van der Waals surface area contributed by atoms with Gasteiger partial charge in [0, 0.05) is 65.8 Å². The van der Waals surface area contributed by atoms with Gasteiger partial charge in [-0.3, -0.25) is 0 Å². The van der Waals surface area contributed by atoms with Gasteiger partial charge in [-0.15, -0.1) is 0 Å². The minimum absolute atomic E-state index is 1.15. The van der Waals surface area contributed by atoms with Crippen molar-refractivity contribution in [3.05, 3.63) is 510 Å². The molecule has 0 aliphatic heterocycles. The summed E-state index contributed by atoms with van der Waals surface area (Å²) < 4.78 is 9.62. The van der Waals surface area contributed by atoms with Crippen LogP contribution in [0.4, 0.5) is 0 Å². The first-order chi connectivity index (χ1) is 64.4. The predicted octanol–water partition coefficient (Wildman–Crippen LogP) is 34.1. The van der Waals surface area contributed by atoms with Gasteiger partial charge in [-0.05, 0) is 292 Å². The monoisotopic (exact) mass is 1650 g/mol. The normalized spacial score (nSPS) is 11.5. The number of hydrogen-bond acceptors (Lipinski definition) is 0. The fraction of sp³-hybridized carbons (Fsp3) is 0. The summed E-state index contributed by atoms with van der Waals surface area (Å²) in [5.74, 6) is 0. The van der Waals surface area contributed by atoms with Crippen molar-refractivity contribution in [2.45, 2.75) is 0 Å². The smallest absolute Gasteiger partial charge is 0.0541 e. The van der Waals surface area contributed by atoms with Crippen molar-refractivity contribution in [2.75, 3.05) is 0 Å². The molecule has 0 aliphatic carbocycles. The fourth-order valence-corrected chi connectivity index (χ4v) is 19.9. The summed E-state index contributed by atoms with van der Waals surface area (Å²) in [6.07, 6.45) is 0. The fourth-order valence-electron chi connectivity index (χ4n) is 19.9. The molecule has 0 spiro atoms. The maximum Gasteiger partial charge on any atom is 0.0541 e. The molecule has 0 atom stereocenters. The third-order valence-corrected chi connectivity index (χ3v) is 26.2. The highest BCUT2D eigenvalue weighted by atomic mass is 15.0. The van der Waals surface area contributed by atoms with Gasteiger partial charge in [0.25, 0.3) is 0 Å². The van der Waals surface area contributed by atoms with Crippen LogP contribution in [0.5, 0.6) is 0 Å². The molecule has 130 heavy (non-hydrogen) atoms. The van der Waals surface area contributed by atoms with Crippen LogP contribution in [-0.4, -0.2) is 18.3 Å². The highest BCUT2D eigenvalue weighted by Gasteiger charge is 2.22. The van der Waals surface area contributed by atoms with Crippen LogP contribution >= 0.6 is 0 Å². The Hall–Kier alpha value is -17.2. The lowest BCUT2D eigenvalue weighted by Crippen LogP contribution is -1.94. The van der Waals surface area contributed by atoms with Crippen molar-refractivity contribution in [1.29, 1.82) is 0 Å². The standard InChI is InChI=1S/C66H44N2.C60H40N2/c1-4-17-45(18-5-1)48-23-14-24-49(37-48)54-38-55(52-33-35-65-61(43-52)59-29-10-12-31-63(59)67(65)57-27-15-25-50(41-57)46-19-6-2-7-20-46)40-56(39-54)53-34-36-66-62(44-53)60-30-11-13-32-64(60)68(66)58-28-16-26-51(42-58)47-21-8-3-9-22-47;1-4-15-41(16-5-1)43-27-31-52(32-28-43)62-58-26-13-11-24-54(58)56-40-47(30-34-60(56)62)50-37-48(45-20-14-19-44(35-45)42-17-6-2-7-18-42)36-49(38-50)46-29-33-59-55(39-46)53-23-10-12-25-57(53)61(59)51-21-8-3-9-22-51/h1-44H;1-40H. The predicted molar refractivity (Wildman–Crippen MR) is 550 cm³/mol.